The van der Waals surface area contributed by atoms with E-state index in [1.54, 1.807) is 14.2 Å². The number of hydrogen-bond acceptors (Lipinski definition) is 5. The highest BCUT2D eigenvalue weighted by molar-refractivity contribution is 5.36. The van der Waals surface area contributed by atoms with Crippen molar-refractivity contribution in [1.82, 2.24) is 5.43 Å². The Morgan fingerprint density at radius 2 is 1.90 bits per heavy atom. The van der Waals surface area contributed by atoms with E-state index in [9.17, 15) is 0 Å². The Labute approximate surface area is 121 Å². The monoisotopic (exact) mass is 282 g/mol. The van der Waals surface area contributed by atoms with Crippen LogP contribution in [0.1, 0.15) is 31.9 Å². The van der Waals surface area contributed by atoms with Crippen molar-refractivity contribution >= 4 is 0 Å². The van der Waals surface area contributed by atoms with Crippen molar-refractivity contribution < 1.29 is 14.2 Å². The summed E-state index contributed by atoms with van der Waals surface area (Å²) in [5.74, 6) is 6.52. The van der Waals surface area contributed by atoms with E-state index in [-0.39, 0.29) is 11.6 Å². The second-order valence-electron chi connectivity index (χ2n) is 5.27. The van der Waals surface area contributed by atoms with Crippen LogP contribution in [0.15, 0.2) is 24.3 Å². The topological polar surface area (TPSA) is 65.7 Å². The van der Waals surface area contributed by atoms with Gasteiger partial charge in [0.1, 0.15) is 12.4 Å². The number of benzene rings is 1. The average molecular weight is 282 g/mol. The zero-order valence-corrected chi connectivity index (χ0v) is 12.8. The third-order valence-electron chi connectivity index (χ3n) is 3.29. The summed E-state index contributed by atoms with van der Waals surface area (Å²) in [6.07, 6.45) is 0.741. The Morgan fingerprint density at radius 3 is 2.50 bits per heavy atom. The highest BCUT2D eigenvalue weighted by atomic mass is 16.5. The number of hydrogen-bond donors (Lipinski definition) is 2. The maximum Gasteiger partial charge on any atom is 0.124 e. The Kier molecular flexibility index (Phi) is 6.95. The number of hydrazine groups is 1. The molecule has 0 heterocycles. The number of ether oxygens (including phenoxy) is 3. The molecule has 0 amide bonds. The van der Waals surface area contributed by atoms with Crippen molar-refractivity contribution in [3.05, 3.63) is 29.8 Å². The third-order valence-corrected chi connectivity index (χ3v) is 3.29. The molecule has 0 aromatic heterocycles. The summed E-state index contributed by atoms with van der Waals surface area (Å²) in [5, 5.41) is 0. The lowest BCUT2D eigenvalue weighted by molar-refractivity contribution is 0.00656. The van der Waals surface area contributed by atoms with Crippen LogP contribution in [0.3, 0.4) is 0 Å². The first-order valence-electron chi connectivity index (χ1n) is 6.76. The molecule has 0 saturated heterocycles. The van der Waals surface area contributed by atoms with Gasteiger partial charge >= 0.3 is 0 Å². The highest BCUT2D eigenvalue weighted by Crippen LogP contribution is 2.31. The molecule has 0 fully saturated rings. The molecule has 0 spiro atoms. The SMILES string of the molecule is COCCOc1ccccc1C(CC(C)(C)OC)NN. The molecule has 0 saturated carbocycles. The van der Waals surface area contributed by atoms with Gasteiger partial charge in [-0.05, 0) is 26.3 Å². The number of methoxy groups -OCH3 is 2. The Bertz CT molecular complexity index is 396. The van der Waals surface area contributed by atoms with Gasteiger partial charge in [0.15, 0.2) is 0 Å². The molecule has 1 aromatic carbocycles. The second-order valence-corrected chi connectivity index (χ2v) is 5.27. The summed E-state index contributed by atoms with van der Waals surface area (Å²) >= 11 is 0. The first-order valence-corrected chi connectivity index (χ1v) is 6.76. The minimum Gasteiger partial charge on any atom is -0.491 e. The van der Waals surface area contributed by atoms with Crippen LogP contribution in [0.25, 0.3) is 0 Å². The second kappa shape index (κ2) is 8.21. The number of para-hydroxylation sites is 1. The van der Waals surface area contributed by atoms with Crippen LogP contribution in [0.2, 0.25) is 0 Å². The smallest absolute Gasteiger partial charge is 0.124 e. The van der Waals surface area contributed by atoms with E-state index >= 15 is 0 Å². The van der Waals surface area contributed by atoms with Gasteiger partial charge in [0.05, 0.1) is 18.2 Å². The fourth-order valence-electron chi connectivity index (χ4n) is 1.97. The van der Waals surface area contributed by atoms with Crippen LogP contribution in [-0.4, -0.2) is 33.0 Å². The highest BCUT2D eigenvalue weighted by Gasteiger charge is 2.25. The molecule has 1 aromatic rings. The van der Waals surface area contributed by atoms with E-state index in [0.717, 1.165) is 17.7 Å². The maximum absolute atomic E-state index is 5.75. The molecule has 0 aliphatic carbocycles. The molecule has 20 heavy (non-hydrogen) atoms. The Balaban J connectivity index is 2.85. The average Bonchev–Trinajstić information content (AvgIpc) is 2.46. The number of nitrogens with two attached hydrogens (primary N) is 1. The van der Waals surface area contributed by atoms with Gasteiger partial charge in [0.2, 0.25) is 0 Å². The fourth-order valence-corrected chi connectivity index (χ4v) is 1.97. The van der Waals surface area contributed by atoms with Crippen LogP contribution in [0.5, 0.6) is 5.75 Å². The van der Waals surface area contributed by atoms with E-state index in [0.29, 0.717) is 13.2 Å². The van der Waals surface area contributed by atoms with E-state index in [4.69, 9.17) is 20.1 Å². The molecular formula is C15H26N2O3. The number of nitrogens with one attached hydrogen (secondary N) is 1. The lowest BCUT2D eigenvalue weighted by Gasteiger charge is -2.29. The van der Waals surface area contributed by atoms with Crippen molar-refractivity contribution in [2.24, 2.45) is 5.84 Å². The minimum atomic E-state index is -0.267. The number of rotatable bonds is 9. The van der Waals surface area contributed by atoms with Crippen molar-refractivity contribution in [1.29, 1.82) is 0 Å². The Hall–Kier alpha value is -1.14. The minimum absolute atomic E-state index is 0.0382. The lowest BCUT2D eigenvalue weighted by Crippen LogP contribution is -2.35. The van der Waals surface area contributed by atoms with Crippen LogP contribution in [0, 0.1) is 0 Å². The van der Waals surface area contributed by atoms with Gasteiger partial charge < -0.3 is 14.2 Å². The van der Waals surface area contributed by atoms with Gasteiger partial charge in [0, 0.05) is 19.8 Å². The summed E-state index contributed by atoms with van der Waals surface area (Å²) in [7, 11) is 3.36. The summed E-state index contributed by atoms with van der Waals surface area (Å²) in [4.78, 5) is 0. The Morgan fingerprint density at radius 1 is 1.20 bits per heavy atom. The van der Waals surface area contributed by atoms with Crippen molar-refractivity contribution in [3.63, 3.8) is 0 Å². The molecule has 0 bridgehead atoms. The molecule has 5 heteroatoms. The van der Waals surface area contributed by atoms with E-state index < -0.39 is 0 Å². The molecule has 1 unspecified atom stereocenters. The van der Waals surface area contributed by atoms with Crippen LogP contribution < -0.4 is 16.0 Å². The first kappa shape index (κ1) is 16.9. The summed E-state index contributed by atoms with van der Waals surface area (Å²) in [5.41, 5.74) is 3.61. The van der Waals surface area contributed by atoms with Crippen LogP contribution >= 0.6 is 0 Å². The fraction of sp³-hybridized carbons (Fsp3) is 0.600. The summed E-state index contributed by atoms with van der Waals surface area (Å²) < 4.78 is 16.2. The van der Waals surface area contributed by atoms with Crippen LogP contribution in [0.4, 0.5) is 0 Å². The van der Waals surface area contributed by atoms with Gasteiger partial charge in [-0.15, -0.1) is 0 Å². The van der Waals surface area contributed by atoms with Crippen molar-refractivity contribution in [3.8, 4) is 5.75 Å². The van der Waals surface area contributed by atoms with E-state index in [2.05, 4.69) is 5.43 Å². The normalized spacial score (nSPS) is 13.2. The first-order chi connectivity index (χ1) is 9.54. The standard InChI is InChI=1S/C15H26N2O3/c1-15(2,19-4)11-13(17-16)12-7-5-6-8-14(12)20-10-9-18-3/h5-8,13,17H,9-11,16H2,1-4H3. The van der Waals surface area contributed by atoms with Crippen LogP contribution in [-0.2, 0) is 9.47 Å². The van der Waals surface area contributed by atoms with Gasteiger partial charge in [-0.3, -0.25) is 11.3 Å². The maximum atomic E-state index is 5.75. The quantitative estimate of drug-likeness (QED) is 0.412. The largest absolute Gasteiger partial charge is 0.491 e. The zero-order chi connectivity index (χ0) is 15.0. The molecule has 1 atom stereocenters. The zero-order valence-electron chi connectivity index (χ0n) is 12.8. The van der Waals surface area contributed by atoms with Gasteiger partial charge in [-0.25, -0.2) is 0 Å². The molecule has 1 rings (SSSR count). The third kappa shape index (κ3) is 5.09. The van der Waals surface area contributed by atoms with E-state index in [1.165, 1.54) is 0 Å². The molecule has 3 N–H and O–H groups in total. The lowest BCUT2D eigenvalue weighted by atomic mass is 9.93. The molecule has 0 aliphatic heterocycles. The molecule has 5 nitrogen and oxygen atoms in total. The van der Waals surface area contributed by atoms with Crippen molar-refractivity contribution in [2.45, 2.75) is 31.9 Å². The van der Waals surface area contributed by atoms with Gasteiger partial charge in [-0.2, -0.15) is 0 Å². The summed E-state index contributed by atoms with van der Waals surface area (Å²) in [6.45, 7) is 5.13. The molecule has 0 aliphatic rings. The van der Waals surface area contributed by atoms with Gasteiger partial charge in [0.25, 0.3) is 0 Å². The molecular weight excluding hydrogens is 256 g/mol. The molecule has 0 radical (unpaired) electrons. The summed E-state index contributed by atoms with van der Waals surface area (Å²) in [6, 6.07) is 7.83. The van der Waals surface area contributed by atoms with E-state index in [1.807, 2.05) is 38.1 Å². The van der Waals surface area contributed by atoms with Gasteiger partial charge in [-0.1, -0.05) is 18.2 Å². The molecule has 114 valence electrons. The predicted molar refractivity (Wildman–Crippen MR) is 79.6 cm³/mol. The van der Waals surface area contributed by atoms with Crippen molar-refractivity contribution in [2.75, 3.05) is 27.4 Å². The predicted octanol–water partition coefficient (Wildman–Crippen LogP) is 2.03.